The minimum atomic E-state index is 0.0318. The Hall–Kier alpha value is -1.23. The van der Waals surface area contributed by atoms with Crippen LogP contribution >= 0.6 is 15.9 Å². The first-order valence-electron chi connectivity index (χ1n) is 3.56. The first-order valence-corrected chi connectivity index (χ1v) is 4.36. The Morgan fingerprint density at radius 1 is 1.46 bits per heavy atom. The monoisotopic (exact) mass is 243 g/mol. The number of halogens is 1. The highest BCUT2D eigenvalue weighted by Gasteiger charge is 2.00. The summed E-state index contributed by atoms with van der Waals surface area (Å²) >= 11 is 3.32. The van der Waals surface area contributed by atoms with E-state index in [0.29, 0.717) is 11.4 Å². The van der Waals surface area contributed by atoms with Gasteiger partial charge in [-0.1, -0.05) is 0 Å². The topological polar surface area (TPSA) is 73.6 Å². The van der Waals surface area contributed by atoms with Crippen LogP contribution in [0.25, 0.3) is 0 Å². The maximum Gasteiger partial charge on any atom is 0.191 e. The van der Waals surface area contributed by atoms with E-state index in [1.54, 1.807) is 19.2 Å². The molecule has 5 heteroatoms. The smallest absolute Gasteiger partial charge is 0.191 e. The van der Waals surface area contributed by atoms with Crippen LogP contribution in [-0.4, -0.2) is 13.1 Å². The summed E-state index contributed by atoms with van der Waals surface area (Å²) in [5.74, 6) is 0.729. The Morgan fingerprint density at radius 3 is 2.69 bits per heavy atom. The van der Waals surface area contributed by atoms with Crippen molar-refractivity contribution in [2.24, 2.45) is 16.5 Å². The number of aliphatic imine (C=N–C) groups is 1. The van der Waals surface area contributed by atoms with Crippen molar-refractivity contribution >= 4 is 27.6 Å². The second-order valence-corrected chi connectivity index (χ2v) is 3.21. The van der Waals surface area contributed by atoms with Gasteiger partial charge in [-0.2, -0.15) is 0 Å². The Kier molecular flexibility index (Phi) is 3.13. The Labute approximate surface area is 84.7 Å². The molecule has 0 aliphatic carbocycles. The molecule has 0 saturated carbocycles. The second-order valence-electron chi connectivity index (χ2n) is 2.36. The van der Waals surface area contributed by atoms with Gasteiger partial charge in [-0.15, -0.1) is 0 Å². The lowest BCUT2D eigenvalue weighted by Crippen LogP contribution is -2.21. The van der Waals surface area contributed by atoms with E-state index in [1.165, 1.54) is 0 Å². The van der Waals surface area contributed by atoms with Gasteiger partial charge >= 0.3 is 0 Å². The molecule has 0 bridgehead atoms. The minimum absolute atomic E-state index is 0.0318. The van der Waals surface area contributed by atoms with Crippen LogP contribution in [0, 0.1) is 0 Å². The number of guanidine groups is 1. The fraction of sp³-hybridized carbons (Fsp3) is 0.125. The maximum atomic E-state index is 5.23. The van der Waals surface area contributed by atoms with Gasteiger partial charge in [0.1, 0.15) is 5.75 Å². The number of rotatable bonds is 2. The van der Waals surface area contributed by atoms with Crippen molar-refractivity contribution in [3.63, 3.8) is 0 Å². The van der Waals surface area contributed by atoms with Gasteiger partial charge in [0.05, 0.1) is 17.3 Å². The van der Waals surface area contributed by atoms with Crippen molar-refractivity contribution < 1.29 is 4.74 Å². The molecule has 1 aromatic carbocycles. The van der Waals surface area contributed by atoms with Crippen LogP contribution in [-0.2, 0) is 0 Å². The van der Waals surface area contributed by atoms with Gasteiger partial charge in [0.15, 0.2) is 5.96 Å². The lowest BCUT2D eigenvalue weighted by atomic mass is 10.3. The largest absolute Gasteiger partial charge is 0.495 e. The second kappa shape index (κ2) is 4.13. The fourth-order valence-corrected chi connectivity index (χ4v) is 1.28. The van der Waals surface area contributed by atoms with Crippen molar-refractivity contribution in [3.05, 3.63) is 22.7 Å². The van der Waals surface area contributed by atoms with Crippen molar-refractivity contribution in [1.82, 2.24) is 0 Å². The van der Waals surface area contributed by atoms with Crippen LogP contribution in [0.5, 0.6) is 5.75 Å². The van der Waals surface area contributed by atoms with E-state index in [4.69, 9.17) is 16.2 Å². The molecule has 0 aliphatic heterocycles. The molecule has 0 saturated heterocycles. The van der Waals surface area contributed by atoms with Gasteiger partial charge < -0.3 is 16.2 Å². The summed E-state index contributed by atoms with van der Waals surface area (Å²) in [6.07, 6.45) is 0. The SMILES string of the molecule is COc1cc(N=C(N)N)ccc1Br. The molecule has 0 spiro atoms. The number of hydrogen-bond donors (Lipinski definition) is 2. The molecule has 0 aromatic heterocycles. The van der Waals surface area contributed by atoms with Gasteiger partial charge in [0.2, 0.25) is 0 Å². The number of hydrogen-bond acceptors (Lipinski definition) is 2. The molecule has 1 rings (SSSR count). The summed E-state index contributed by atoms with van der Waals surface area (Å²) in [7, 11) is 1.58. The van der Waals surface area contributed by atoms with E-state index in [-0.39, 0.29) is 5.96 Å². The number of nitrogens with zero attached hydrogens (tertiary/aromatic N) is 1. The van der Waals surface area contributed by atoms with Gasteiger partial charge in [-0.25, -0.2) is 4.99 Å². The molecule has 0 fully saturated rings. The first-order chi connectivity index (χ1) is 6.13. The zero-order chi connectivity index (χ0) is 9.84. The van der Waals surface area contributed by atoms with Gasteiger partial charge in [-0.3, -0.25) is 0 Å². The molecule has 0 aliphatic rings. The van der Waals surface area contributed by atoms with E-state index in [0.717, 1.165) is 4.47 Å². The lowest BCUT2D eigenvalue weighted by Gasteiger charge is -2.03. The van der Waals surface area contributed by atoms with Crippen LogP contribution < -0.4 is 16.2 Å². The van der Waals surface area contributed by atoms with Crippen molar-refractivity contribution in [2.75, 3.05) is 7.11 Å². The zero-order valence-corrected chi connectivity index (χ0v) is 8.71. The highest BCUT2D eigenvalue weighted by atomic mass is 79.9. The van der Waals surface area contributed by atoms with E-state index in [2.05, 4.69) is 20.9 Å². The first kappa shape index (κ1) is 9.85. The summed E-state index contributed by atoms with van der Waals surface area (Å²) in [4.78, 5) is 3.88. The molecule has 0 heterocycles. The van der Waals surface area contributed by atoms with Crippen LogP contribution in [0.4, 0.5) is 5.69 Å². The third-order valence-electron chi connectivity index (χ3n) is 1.39. The summed E-state index contributed by atoms with van der Waals surface area (Å²) in [5, 5.41) is 0. The molecule has 1 aromatic rings. The van der Waals surface area contributed by atoms with Gasteiger partial charge in [0.25, 0.3) is 0 Å². The quantitative estimate of drug-likeness (QED) is 0.609. The number of methoxy groups -OCH3 is 1. The summed E-state index contributed by atoms with van der Waals surface area (Å²) in [6.45, 7) is 0. The predicted molar refractivity (Wildman–Crippen MR) is 56.2 cm³/mol. The van der Waals surface area contributed by atoms with Crippen LogP contribution in [0.2, 0.25) is 0 Å². The Morgan fingerprint density at radius 2 is 2.15 bits per heavy atom. The highest BCUT2D eigenvalue weighted by Crippen LogP contribution is 2.28. The molecule has 0 unspecified atom stereocenters. The molecule has 0 radical (unpaired) electrons. The molecular weight excluding hydrogens is 234 g/mol. The number of benzene rings is 1. The van der Waals surface area contributed by atoms with E-state index >= 15 is 0 Å². The van der Waals surface area contributed by atoms with Crippen LogP contribution in [0.15, 0.2) is 27.7 Å². The fourth-order valence-electron chi connectivity index (χ4n) is 0.867. The third-order valence-corrected chi connectivity index (χ3v) is 2.05. The Balaban J connectivity index is 3.06. The summed E-state index contributed by atoms with van der Waals surface area (Å²) in [5.41, 5.74) is 11.1. The van der Waals surface area contributed by atoms with Crippen LogP contribution in [0.1, 0.15) is 0 Å². The highest BCUT2D eigenvalue weighted by molar-refractivity contribution is 9.10. The number of ether oxygens (including phenoxy) is 1. The van der Waals surface area contributed by atoms with Gasteiger partial charge in [0, 0.05) is 6.07 Å². The van der Waals surface area contributed by atoms with E-state index in [1.807, 2.05) is 6.07 Å². The minimum Gasteiger partial charge on any atom is -0.495 e. The average molecular weight is 244 g/mol. The van der Waals surface area contributed by atoms with Gasteiger partial charge in [-0.05, 0) is 28.1 Å². The molecule has 0 amide bonds. The number of nitrogens with two attached hydrogens (primary N) is 2. The lowest BCUT2D eigenvalue weighted by molar-refractivity contribution is 0.412. The predicted octanol–water partition coefficient (Wildman–Crippen LogP) is 1.36. The van der Waals surface area contributed by atoms with Crippen molar-refractivity contribution in [3.8, 4) is 5.75 Å². The summed E-state index contributed by atoms with van der Waals surface area (Å²) < 4.78 is 5.93. The molecule has 4 N–H and O–H groups in total. The standard InChI is InChI=1S/C8H10BrN3O/c1-13-7-4-5(12-8(10)11)2-3-6(7)9/h2-4H,1H3,(H4,10,11,12). The van der Waals surface area contributed by atoms with Crippen LogP contribution in [0.3, 0.4) is 0 Å². The molecule has 0 atom stereocenters. The summed E-state index contributed by atoms with van der Waals surface area (Å²) in [6, 6.07) is 5.34. The maximum absolute atomic E-state index is 5.23. The van der Waals surface area contributed by atoms with E-state index in [9.17, 15) is 0 Å². The third kappa shape index (κ3) is 2.62. The van der Waals surface area contributed by atoms with Crippen molar-refractivity contribution in [2.45, 2.75) is 0 Å². The molecule has 70 valence electrons. The molecular formula is C8H10BrN3O. The van der Waals surface area contributed by atoms with E-state index < -0.39 is 0 Å². The van der Waals surface area contributed by atoms with Crippen molar-refractivity contribution in [1.29, 1.82) is 0 Å². The Bertz CT molecular complexity index is 334. The zero-order valence-electron chi connectivity index (χ0n) is 7.12. The molecule has 13 heavy (non-hydrogen) atoms. The average Bonchev–Trinajstić information content (AvgIpc) is 2.07. The molecule has 4 nitrogen and oxygen atoms in total. The normalized spacial score (nSPS) is 9.38.